The number of fused-ring (bicyclic) bond motifs is 3. The fraction of sp³-hybridized carbons (Fsp3) is 0.120. The Morgan fingerprint density at radius 1 is 1.00 bits per heavy atom. The number of non-ortho nitro benzene ring substituents is 1. The summed E-state index contributed by atoms with van der Waals surface area (Å²) in [7, 11) is 1.56. The molecule has 10 heteroatoms. The molecule has 0 saturated heterocycles. The van der Waals surface area contributed by atoms with Gasteiger partial charge in [0.1, 0.15) is 19.0 Å². The fourth-order valence-corrected chi connectivity index (χ4v) is 4.67. The van der Waals surface area contributed by atoms with Gasteiger partial charge in [0.25, 0.3) is 11.2 Å². The highest BCUT2D eigenvalue weighted by atomic mass is 32.1. The van der Waals surface area contributed by atoms with E-state index in [2.05, 4.69) is 4.98 Å². The highest BCUT2D eigenvalue weighted by molar-refractivity contribution is 7.15. The van der Waals surface area contributed by atoms with Crippen LogP contribution < -0.4 is 24.3 Å². The van der Waals surface area contributed by atoms with E-state index < -0.39 is 4.92 Å². The molecule has 0 aliphatic rings. The number of methoxy groups -OCH3 is 1. The van der Waals surface area contributed by atoms with Crippen LogP contribution in [0.2, 0.25) is 0 Å². The van der Waals surface area contributed by atoms with Gasteiger partial charge in [-0.3, -0.25) is 14.9 Å². The summed E-state index contributed by atoms with van der Waals surface area (Å²) in [6.07, 6.45) is 1.60. The van der Waals surface area contributed by atoms with Crippen LogP contribution in [0.15, 0.2) is 71.5 Å². The van der Waals surface area contributed by atoms with Crippen LogP contribution in [0.1, 0.15) is 5.56 Å². The van der Waals surface area contributed by atoms with Crippen molar-refractivity contribution in [1.29, 1.82) is 0 Å². The predicted molar refractivity (Wildman–Crippen MR) is 133 cm³/mol. The molecule has 0 aliphatic heterocycles. The second-order valence-electron chi connectivity index (χ2n) is 7.46. The van der Waals surface area contributed by atoms with Crippen LogP contribution in [0.5, 0.6) is 17.2 Å². The van der Waals surface area contributed by atoms with Crippen molar-refractivity contribution in [2.24, 2.45) is 0 Å². The summed E-state index contributed by atoms with van der Waals surface area (Å²) in [4.78, 5) is 29.0. The molecule has 0 aliphatic carbocycles. The number of ether oxygens (including phenoxy) is 3. The number of imidazole rings is 1. The van der Waals surface area contributed by atoms with Gasteiger partial charge in [0.05, 0.1) is 27.6 Å². The number of rotatable bonds is 8. The Morgan fingerprint density at radius 2 is 1.71 bits per heavy atom. The molecule has 2 aromatic heterocycles. The van der Waals surface area contributed by atoms with Crippen LogP contribution in [-0.4, -0.2) is 34.6 Å². The van der Waals surface area contributed by atoms with Gasteiger partial charge in [-0.2, -0.15) is 0 Å². The third-order valence-corrected chi connectivity index (χ3v) is 6.27. The van der Waals surface area contributed by atoms with E-state index in [1.165, 1.54) is 29.5 Å². The first-order valence-electron chi connectivity index (χ1n) is 10.6. The standard InChI is InChI=1S/C25H19N3O6S/c1-32-21-8-4-5-9-22(21)34-13-12-33-20-11-10-17(28(30)31)14-16(20)15-23-24(29)27-19-7-3-2-6-18(19)26-25(27)35-23/h2-11,14-15H,12-13H2,1H3. The number of hydrogen-bond donors (Lipinski definition) is 0. The predicted octanol–water partition coefficient (Wildman–Crippen LogP) is 3.83. The number of nitro groups is 1. The Labute approximate surface area is 202 Å². The number of aromatic nitrogens is 2. The molecule has 0 bridgehead atoms. The van der Waals surface area contributed by atoms with Gasteiger partial charge in [0.15, 0.2) is 16.5 Å². The van der Waals surface area contributed by atoms with Crippen molar-refractivity contribution >= 4 is 39.1 Å². The third-order valence-electron chi connectivity index (χ3n) is 5.30. The van der Waals surface area contributed by atoms with E-state index in [0.29, 0.717) is 37.8 Å². The van der Waals surface area contributed by atoms with Crippen LogP contribution in [0.25, 0.3) is 22.1 Å². The summed E-state index contributed by atoms with van der Waals surface area (Å²) < 4.78 is 18.8. The Kier molecular flexibility index (Phi) is 6.02. The molecule has 9 nitrogen and oxygen atoms in total. The number of nitro benzene ring substituents is 1. The number of para-hydroxylation sites is 4. The van der Waals surface area contributed by atoms with Gasteiger partial charge in [0.2, 0.25) is 0 Å². The number of benzene rings is 3. The number of nitrogens with zero attached hydrogens (tertiary/aromatic N) is 3. The maximum absolute atomic E-state index is 13.1. The molecule has 5 rings (SSSR count). The number of thiazole rings is 1. The van der Waals surface area contributed by atoms with E-state index >= 15 is 0 Å². The van der Waals surface area contributed by atoms with Crippen LogP contribution in [0.4, 0.5) is 5.69 Å². The molecule has 0 fully saturated rings. The van der Waals surface area contributed by atoms with Crippen molar-refractivity contribution in [3.63, 3.8) is 0 Å². The Morgan fingerprint density at radius 3 is 2.49 bits per heavy atom. The highest BCUT2D eigenvalue weighted by Gasteiger charge is 2.14. The average Bonchev–Trinajstić information content (AvgIpc) is 3.38. The van der Waals surface area contributed by atoms with E-state index in [4.69, 9.17) is 14.2 Å². The molecule has 176 valence electrons. The summed E-state index contributed by atoms with van der Waals surface area (Å²) >= 11 is 1.22. The first-order valence-corrected chi connectivity index (χ1v) is 11.5. The van der Waals surface area contributed by atoms with Crippen molar-refractivity contribution < 1.29 is 19.1 Å². The summed E-state index contributed by atoms with van der Waals surface area (Å²) in [5.74, 6) is 1.59. The van der Waals surface area contributed by atoms with Gasteiger partial charge in [0, 0.05) is 17.7 Å². The van der Waals surface area contributed by atoms with Gasteiger partial charge in [-0.15, -0.1) is 0 Å². The van der Waals surface area contributed by atoms with Crippen molar-refractivity contribution in [2.45, 2.75) is 0 Å². The lowest BCUT2D eigenvalue weighted by atomic mass is 10.1. The maximum atomic E-state index is 13.1. The van der Waals surface area contributed by atoms with E-state index in [9.17, 15) is 14.9 Å². The maximum Gasteiger partial charge on any atom is 0.274 e. The average molecular weight is 490 g/mol. The van der Waals surface area contributed by atoms with Gasteiger partial charge < -0.3 is 14.2 Å². The second-order valence-corrected chi connectivity index (χ2v) is 8.47. The Balaban J connectivity index is 1.45. The van der Waals surface area contributed by atoms with Gasteiger partial charge >= 0.3 is 0 Å². The molecular formula is C25H19N3O6S. The van der Waals surface area contributed by atoms with Crippen molar-refractivity contribution in [1.82, 2.24) is 9.38 Å². The van der Waals surface area contributed by atoms with Crippen LogP contribution in [0, 0.1) is 10.1 Å². The normalized spacial score (nSPS) is 11.7. The largest absolute Gasteiger partial charge is 0.493 e. The van der Waals surface area contributed by atoms with Crippen molar-refractivity contribution in [2.75, 3.05) is 20.3 Å². The molecular weight excluding hydrogens is 470 g/mol. The lowest BCUT2D eigenvalue weighted by Gasteiger charge is -2.12. The molecule has 0 radical (unpaired) electrons. The molecule has 5 aromatic rings. The molecule has 0 N–H and O–H groups in total. The molecule has 0 amide bonds. The van der Waals surface area contributed by atoms with Gasteiger partial charge in [-0.1, -0.05) is 35.6 Å². The summed E-state index contributed by atoms with van der Waals surface area (Å²) in [5.41, 5.74) is 1.52. The third kappa shape index (κ3) is 4.38. The molecule has 0 unspecified atom stereocenters. The molecule has 0 saturated carbocycles. The van der Waals surface area contributed by atoms with Crippen LogP contribution in [0.3, 0.4) is 0 Å². The van der Waals surface area contributed by atoms with Crippen LogP contribution >= 0.6 is 11.3 Å². The zero-order chi connectivity index (χ0) is 24.4. The first kappa shape index (κ1) is 22.4. The minimum Gasteiger partial charge on any atom is -0.493 e. The Bertz CT molecular complexity index is 1660. The molecule has 0 atom stereocenters. The van der Waals surface area contributed by atoms with E-state index in [1.54, 1.807) is 29.7 Å². The van der Waals surface area contributed by atoms with E-state index in [-0.39, 0.29) is 24.5 Å². The summed E-state index contributed by atoms with van der Waals surface area (Å²) in [6.45, 7) is 0.405. The Hall–Kier alpha value is -4.44. The first-order chi connectivity index (χ1) is 17.0. The zero-order valence-corrected chi connectivity index (χ0v) is 19.4. The topological polar surface area (TPSA) is 105 Å². The lowest BCUT2D eigenvalue weighted by molar-refractivity contribution is -0.384. The minimum absolute atomic E-state index is 0.104. The zero-order valence-electron chi connectivity index (χ0n) is 18.5. The second kappa shape index (κ2) is 9.43. The molecule has 0 spiro atoms. The van der Waals surface area contributed by atoms with Crippen molar-refractivity contribution in [3.8, 4) is 17.2 Å². The van der Waals surface area contributed by atoms with Gasteiger partial charge in [-0.05, 0) is 36.4 Å². The molecule has 2 heterocycles. The monoisotopic (exact) mass is 489 g/mol. The molecule has 35 heavy (non-hydrogen) atoms. The summed E-state index contributed by atoms with van der Waals surface area (Å²) in [5, 5.41) is 11.4. The van der Waals surface area contributed by atoms with Crippen LogP contribution in [-0.2, 0) is 0 Å². The number of hydrogen-bond acceptors (Lipinski definition) is 8. The van der Waals surface area contributed by atoms with E-state index in [1.807, 2.05) is 36.4 Å². The van der Waals surface area contributed by atoms with Crippen molar-refractivity contribution in [3.05, 3.63) is 97.3 Å². The van der Waals surface area contributed by atoms with Gasteiger partial charge in [-0.25, -0.2) is 9.38 Å². The summed E-state index contributed by atoms with van der Waals surface area (Å²) in [6, 6.07) is 18.9. The molecule has 3 aromatic carbocycles. The minimum atomic E-state index is -0.487. The SMILES string of the molecule is COc1ccccc1OCCOc1ccc([N+](=O)[O-])cc1C=c1sc2nc3ccccc3n2c1=O. The quantitative estimate of drug-likeness (QED) is 0.185. The van der Waals surface area contributed by atoms with E-state index in [0.717, 1.165) is 5.52 Å². The fourth-order valence-electron chi connectivity index (χ4n) is 3.69. The lowest BCUT2D eigenvalue weighted by Crippen LogP contribution is -2.22. The highest BCUT2D eigenvalue weighted by Crippen LogP contribution is 2.27. The smallest absolute Gasteiger partial charge is 0.274 e.